The molecule has 1 fully saturated rings. The van der Waals surface area contributed by atoms with Gasteiger partial charge in [-0.1, -0.05) is 6.92 Å². The van der Waals surface area contributed by atoms with E-state index in [4.69, 9.17) is 5.11 Å². The maximum absolute atomic E-state index is 11.8. The fourth-order valence-corrected chi connectivity index (χ4v) is 2.31. The predicted octanol–water partition coefficient (Wildman–Crippen LogP) is 0.227. The zero-order chi connectivity index (χ0) is 13.5. The summed E-state index contributed by atoms with van der Waals surface area (Å²) >= 11 is 1.51. The molecule has 0 aliphatic heterocycles. The number of carbonyl (C=O) groups is 2. The number of nitrogens with zero attached hydrogens (tertiary/aromatic N) is 1. The van der Waals surface area contributed by atoms with Gasteiger partial charge in [0.05, 0.1) is 12.3 Å². The van der Waals surface area contributed by atoms with Gasteiger partial charge in [0.15, 0.2) is 0 Å². The zero-order valence-corrected chi connectivity index (χ0v) is 11.8. The predicted molar refractivity (Wildman–Crippen MR) is 72.4 cm³/mol. The topological polar surface area (TPSA) is 69.6 Å². The summed E-state index contributed by atoms with van der Waals surface area (Å²) in [6.07, 6.45) is 2.79. The van der Waals surface area contributed by atoms with Crippen molar-refractivity contribution in [3.05, 3.63) is 0 Å². The molecule has 2 N–H and O–H groups in total. The number of aliphatic hydroxyl groups is 1. The lowest BCUT2D eigenvalue weighted by Crippen LogP contribution is -2.40. The summed E-state index contributed by atoms with van der Waals surface area (Å²) in [5.74, 6) is 0.228. The third-order valence-corrected chi connectivity index (χ3v) is 3.99. The number of hydrogen-bond donors (Lipinski definition) is 2. The molecule has 1 rings (SSSR count). The lowest BCUT2D eigenvalue weighted by molar-refractivity contribution is -0.132. The second-order valence-corrected chi connectivity index (χ2v) is 6.15. The summed E-state index contributed by atoms with van der Waals surface area (Å²) in [5.41, 5.74) is 0. The Kier molecular flexibility index (Phi) is 6.49. The van der Waals surface area contributed by atoms with Gasteiger partial charge in [-0.05, 0) is 19.3 Å². The monoisotopic (exact) mass is 274 g/mol. The number of rotatable bonds is 8. The van der Waals surface area contributed by atoms with Crippen molar-refractivity contribution in [2.75, 3.05) is 26.0 Å². The van der Waals surface area contributed by atoms with Crippen LogP contribution in [0.3, 0.4) is 0 Å². The van der Waals surface area contributed by atoms with E-state index in [2.05, 4.69) is 5.32 Å². The van der Waals surface area contributed by atoms with E-state index in [9.17, 15) is 9.59 Å². The minimum Gasteiger partial charge on any atom is -0.396 e. The summed E-state index contributed by atoms with van der Waals surface area (Å²) in [6.45, 7) is 2.25. The van der Waals surface area contributed by atoms with Crippen LogP contribution < -0.4 is 5.32 Å². The third-order valence-electron chi connectivity index (χ3n) is 2.78. The molecule has 18 heavy (non-hydrogen) atoms. The van der Waals surface area contributed by atoms with Gasteiger partial charge < -0.3 is 15.3 Å². The first-order chi connectivity index (χ1) is 8.52. The molecule has 1 unspecified atom stereocenters. The molecule has 0 aromatic rings. The largest absolute Gasteiger partial charge is 0.396 e. The molecular weight excluding hydrogens is 252 g/mol. The van der Waals surface area contributed by atoms with Crippen LogP contribution in [-0.2, 0) is 9.59 Å². The molecule has 1 aliphatic carbocycles. The molecule has 0 bridgehead atoms. The van der Waals surface area contributed by atoms with Crippen LogP contribution in [0.4, 0.5) is 0 Å². The zero-order valence-electron chi connectivity index (χ0n) is 11.0. The van der Waals surface area contributed by atoms with E-state index < -0.39 is 0 Å². The Morgan fingerprint density at radius 1 is 1.50 bits per heavy atom. The van der Waals surface area contributed by atoms with Crippen molar-refractivity contribution in [1.29, 1.82) is 0 Å². The van der Waals surface area contributed by atoms with E-state index in [1.807, 2.05) is 6.92 Å². The maximum atomic E-state index is 11.8. The summed E-state index contributed by atoms with van der Waals surface area (Å²) in [4.78, 5) is 24.7. The number of amides is 2. The van der Waals surface area contributed by atoms with Crippen molar-refractivity contribution in [3.63, 3.8) is 0 Å². The number of nitrogens with one attached hydrogen (secondary N) is 1. The van der Waals surface area contributed by atoms with Gasteiger partial charge in [0, 0.05) is 24.9 Å². The SMILES string of the molecule is CC(CCO)SCC(=O)N(C)CC(=O)NC1CC1. The van der Waals surface area contributed by atoms with Crippen LogP contribution in [0.1, 0.15) is 26.2 Å². The molecule has 1 saturated carbocycles. The van der Waals surface area contributed by atoms with Crippen LogP contribution in [-0.4, -0.2) is 59.1 Å². The minimum atomic E-state index is -0.0817. The van der Waals surface area contributed by atoms with Crippen molar-refractivity contribution in [2.24, 2.45) is 0 Å². The molecule has 104 valence electrons. The molecule has 0 aromatic carbocycles. The van der Waals surface area contributed by atoms with Crippen LogP contribution in [0.15, 0.2) is 0 Å². The molecule has 0 saturated heterocycles. The van der Waals surface area contributed by atoms with Crippen LogP contribution >= 0.6 is 11.8 Å². The highest BCUT2D eigenvalue weighted by Crippen LogP contribution is 2.18. The van der Waals surface area contributed by atoms with E-state index >= 15 is 0 Å². The highest BCUT2D eigenvalue weighted by Gasteiger charge is 2.24. The first-order valence-corrected chi connectivity index (χ1v) is 7.33. The Bertz CT molecular complexity index is 295. The Balaban J connectivity index is 2.16. The van der Waals surface area contributed by atoms with Gasteiger partial charge in [0.1, 0.15) is 0 Å². The van der Waals surface area contributed by atoms with Gasteiger partial charge in [0.2, 0.25) is 11.8 Å². The Labute approximate surface area is 112 Å². The lowest BCUT2D eigenvalue weighted by Gasteiger charge is -2.17. The molecule has 0 spiro atoms. The number of aliphatic hydroxyl groups excluding tert-OH is 1. The average molecular weight is 274 g/mol. The summed E-state index contributed by atoms with van der Waals surface area (Å²) in [6, 6.07) is 0.333. The number of hydrogen-bond acceptors (Lipinski definition) is 4. The smallest absolute Gasteiger partial charge is 0.239 e. The van der Waals surface area contributed by atoms with Crippen LogP contribution in [0.5, 0.6) is 0 Å². The third kappa shape index (κ3) is 6.26. The maximum Gasteiger partial charge on any atom is 0.239 e. The van der Waals surface area contributed by atoms with E-state index in [1.54, 1.807) is 7.05 Å². The summed E-state index contributed by atoms with van der Waals surface area (Å²) in [7, 11) is 1.64. The van der Waals surface area contributed by atoms with Gasteiger partial charge in [0.25, 0.3) is 0 Å². The Hall–Kier alpha value is -0.750. The average Bonchev–Trinajstić information content (AvgIpc) is 3.09. The lowest BCUT2D eigenvalue weighted by atomic mass is 10.3. The second kappa shape index (κ2) is 7.63. The van der Waals surface area contributed by atoms with Crippen molar-refractivity contribution < 1.29 is 14.7 Å². The minimum absolute atomic E-state index is 0.0456. The van der Waals surface area contributed by atoms with E-state index in [0.717, 1.165) is 12.8 Å². The van der Waals surface area contributed by atoms with Gasteiger partial charge in [-0.2, -0.15) is 0 Å². The fourth-order valence-electron chi connectivity index (χ4n) is 1.39. The van der Waals surface area contributed by atoms with Gasteiger partial charge in [-0.3, -0.25) is 9.59 Å². The Morgan fingerprint density at radius 2 is 2.17 bits per heavy atom. The number of thioether (sulfide) groups is 1. The van der Waals surface area contributed by atoms with E-state index in [1.165, 1.54) is 16.7 Å². The Morgan fingerprint density at radius 3 is 2.72 bits per heavy atom. The van der Waals surface area contributed by atoms with E-state index in [-0.39, 0.29) is 30.2 Å². The van der Waals surface area contributed by atoms with Gasteiger partial charge in [-0.25, -0.2) is 0 Å². The van der Waals surface area contributed by atoms with Crippen LogP contribution in [0.2, 0.25) is 0 Å². The summed E-state index contributed by atoms with van der Waals surface area (Å²) in [5, 5.41) is 11.9. The number of likely N-dealkylation sites (N-methyl/N-ethyl adjacent to an activating group) is 1. The molecule has 0 radical (unpaired) electrons. The molecule has 0 heterocycles. The molecule has 6 heteroatoms. The van der Waals surface area contributed by atoms with E-state index in [0.29, 0.717) is 18.2 Å². The van der Waals surface area contributed by atoms with Crippen molar-refractivity contribution in [1.82, 2.24) is 10.2 Å². The van der Waals surface area contributed by atoms with Crippen molar-refractivity contribution in [3.8, 4) is 0 Å². The molecule has 1 atom stereocenters. The fraction of sp³-hybridized carbons (Fsp3) is 0.833. The molecule has 1 aliphatic rings. The first-order valence-electron chi connectivity index (χ1n) is 6.28. The second-order valence-electron chi connectivity index (χ2n) is 4.73. The van der Waals surface area contributed by atoms with Crippen LogP contribution in [0.25, 0.3) is 0 Å². The molecule has 5 nitrogen and oxygen atoms in total. The first kappa shape index (κ1) is 15.3. The molecular formula is C12H22N2O3S. The normalized spacial score (nSPS) is 16.2. The molecule has 0 aromatic heterocycles. The molecule has 2 amide bonds. The quantitative estimate of drug-likeness (QED) is 0.665. The van der Waals surface area contributed by atoms with Crippen molar-refractivity contribution >= 4 is 23.6 Å². The number of carbonyl (C=O) groups excluding carboxylic acids is 2. The standard InChI is InChI=1S/C12H22N2O3S/c1-9(5-6-15)18-8-12(17)14(2)7-11(16)13-10-3-4-10/h9-10,15H,3-8H2,1-2H3,(H,13,16). The van der Waals surface area contributed by atoms with Crippen molar-refractivity contribution in [2.45, 2.75) is 37.5 Å². The highest BCUT2D eigenvalue weighted by molar-refractivity contribution is 8.00. The van der Waals surface area contributed by atoms with Gasteiger partial charge in [-0.15, -0.1) is 11.8 Å². The summed E-state index contributed by atoms with van der Waals surface area (Å²) < 4.78 is 0. The van der Waals surface area contributed by atoms with Crippen LogP contribution in [0, 0.1) is 0 Å². The van der Waals surface area contributed by atoms with Gasteiger partial charge >= 0.3 is 0 Å². The highest BCUT2D eigenvalue weighted by atomic mass is 32.2.